The van der Waals surface area contributed by atoms with Gasteiger partial charge in [0.25, 0.3) is 5.91 Å². The summed E-state index contributed by atoms with van der Waals surface area (Å²) in [6, 6.07) is 22.8. The Morgan fingerprint density at radius 3 is 2.64 bits per heavy atom. The van der Waals surface area contributed by atoms with Crippen molar-refractivity contribution in [3.05, 3.63) is 93.0 Å². The van der Waals surface area contributed by atoms with Crippen LogP contribution in [0.25, 0.3) is 28.0 Å². The molecule has 2 aliphatic rings. The van der Waals surface area contributed by atoms with Crippen molar-refractivity contribution in [2.75, 3.05) is 46.0 Å². The first-order chi connectivity index (χ1) is 21.9. The third kappa shape index (κ3) is 8.01. The molecule has 1 amide bonds. The minimum atomic E-state index is -0.803. The van der Waals surface area contributed by atoms with E-state index in [9.17, 15) is 9.59 Å². The molecule has 0 atom stereocenters. The summed E-state index contributed by atoms with van der Waals surface area (Å²) in [4.78, 5) is 30.0. The molecule has 6 rings (SSSR count). The zero-order chi connectivity index (χ0) is 31.2. The lowest BCUT2D eigenvalue weighted by molar-refractivity contribution is -0.137. The number of hydrogen-bond acceptors (Lipinski definition) is 8. The predicted molar refractivity (Wildman–Crippen MR) is 186 cm³/mol. The Kier molecular flexibility index (Phi) is 10.3. The van der Waals surface area contributed by atoms with Crippen molar-refractivity contribution >= 4 is 68.4 Å². The van der Waals surface area contributed by atoms with E-state index in [0.717, 1.165) is 71.1 Å². The van der Waals surface area contributed by atoms with E-state index in [1.54, 1.807) is 16.2 Å². The van der Waals surface area contributed by atoms with E-state index in [0.29, 0.717) is 35.2 Å². The number of benzene rings is 3. The Morgan fingerprint density at radius 1 is 1.00 bits per heavy atom. The average molecular weight is 659 g/mol. The molecule has 0 unspecified atom stereocenters. The van der Waals surface area contributed by atoms with E-state index >= 15 is 0 Å². The first-order valence-electron chi connectivity index (χ1n) is 15.0. The molecule has 10 heteroatoms. The van der Waals surface area contributed by atoms with Crippen molar-refractivity contribution < 1.29 is 24.2 Å². The van der Waals surface area contributed by atoms with Gasteiger partial charge in [-0.25, -0.2) is 0 Å². The molecular formula is C35H34N2O5S3. The van der Waals surface area contributed by atoms with Gasteiger partial charge in [0.1, 0.15) is 16.7 Å². The zero-order valence-electron chi connectivity index (χ0n) is 24.8. The normalized spacial score (nSPS) is 16.6. The van der Waals surface area contributed by atoms with Gasteiger partial charge in [-0.3, -0.25) is 19.4 Å². The summed E-state index contributed by atoms with van der Waals surface area (Å²) in [5.74, 6) is -0.0879. The predicted octanol–water partition coefficient (Wildman–Crippen LogP) is 6.74. The van der Waals surface area contributed by atoms with Gasteiger partial charge in [0.15, 0.2) is 0 Å². The number of thiocarbonyl (C=S) groups is 1. The van der Waals surface area contributed by atoms with Crippen LogP contribution in [-0.4, -0.2) is 77.1 Å². The number of hydrogen-bond donors (Lipinski definition) is 1. The van der Waals surface area contributed by atoms with Crippen LogP contribution in [0.1, 0.15) is 22.4 Å². The fourth-order valence-corrected chi connectivity index (χ4v) is 7.69. The van der Waals surface area contributed by atoms with Gasteiger partial charge >= 0.3 is 5.97 Å². The Morgan fingerprint density at radius 2 is 1.82 bits per heavy atom. The van der Waals surface area contributed by atoms with Crippen molar-refractivity contribution in [1.29, 1.82) is 0 Å². The van der Waals surface area contributed by atoms with Crippen LogP contribution in [0.3, 0.4) is 0 Å². The summed E-state index contributed by atoms with van der Waals surface area (Å²) in [5.41, 5.74) is 3.94. The number of aryl methyl sites for hydroxylation is 1. The van der Waals surface area contributed by atoms with E-state index in [4.69, 9.17) is 26.8 Å². The molecule has 2 aliphatic heterocycles. The topological polar surface area (TPSA) is 79.3 Å². The van der Waals surface area contributed by atoms with Crippen LogP contribution in [0.2, 0.25) is 0 Å². The molecule has 0 radical (unpaired) electrons. The summed E-state index contributed by atoms with van der Waals surface area (Å²) in [5, 5.41) is 13.3. The summed E-state index contributed by atoms with van der Waals surface area (Å²) in [6.45, 7) is 5.24. The number of fused-ring (bicyclic) bond motifs is 1. The molecule has 1 aromatic heterocycles. The molecular weight excluding hydrogens is 625 g/mol. The lowest BCUT2D eigenvalue weighted by Crippen LogP contribution is -2.38. The van der Waals surface area contributed by atoms with E-state index in [1.165, 1.54) is 17.1 Å². The van der Waals surface area contributed by atoms with E-state index < -0.39 is 5.97 Å². The largest absolute Gasteiger partial charge is 0.492 e. The monoisotopic (exact) mass is 658 g/mol. The lowest BCUT2D eigenvalue weighted by atomic mass is 9.98. The second-order valence-corrected chi connectivity index (χ2v) is 13.7. The van der Waals surface area contributed by atoms with Gasteiger partial charge in [0, 0.05) is 43.0 Å². The highest BCUT2D eigenvalue weighted by molar-refractivity contribution is 8.26. The number of nitrogens with zero attached hydrogens (tertiary/aromatic N) is 2. The quantitative estimate of drug-likeness (QED) is 0.133. The maximum absolute atomic E-state index is 13.4. The molecule has 7 nitrogen and oxygen atoms in total. The highest BCUT2D eigenvalue weighted by atomic mass is 32.2. The van der Waals surface area contributed by atoms with Gasteiger partial charge in [-0.1, -0.05) is 66.4 Å². The highest BCUT2D eigenvalue weighted by Gasteiger charge is 2.31. The van der Waals surface area contributed by atoms with E-state index in [2.05, 4.69) is 41.3 Å². The smallest absolute Gasteiger partial charge is 0.303 e. The maximum atomic E-state index is 13.4. The van der Waals surface area contributed by atoms with Gasteiger partial charge in [-0.2, -0.15) is 0 Å². The molecule has 3 aromatic carbocycles. The number of thiophene rings is 1. The first-order valence-corrected chi connectivity index (χ1v) is 17.1. The first kappa shape index (κ1) is 31.4. The SMILES string of the molecule is O=C(O)CCc1csc(CCN2C(=O)/C(=C/c3ccc(OCCN4CCOCC4)c(-c4ccc5ccccc5c4)c3)SC2=S)c1. The lowest BCUT2D eigenvalue weighted by Gasteiger charge is -2.26. The number of ether oxygens (including phenoxy) is 2. The number of thioether (sulfide) groups is 1. The Balaban J connectivity index is 1.19. The van der Waals surface area contributed by atoms with Crippen molar-refractivity contribution in [1.82, 2.24) is 9.80 Å². The van der Waals surface area contributed by atoms with Crippen molar-refractivity contribution in [3.63, 3.8) is 0 Å². The third-order valence-electron chi connectivity index (χ3n) is 7.92. The molecule has 45 heavy (non-hydrogen) atoms. The molecule has 0 spiro atoms. The molecule has 4 aromatic rings. The molecule has 1 N–H and O–H groups in total. The van der Waals surface area contributed by atoms with Gasteiger partial charge in [-0.15, -0.1) is 11.3 Å². The fraction of sp³-hybridized carbons (Fsp3) is 0.286. The third-order valence-corrected chi connectivity index (χ3v) is 10.3. The average Bonchev–Trinajstić information content (AvgIpc) is 3.62. The van der Waals surface area contributed by atoms with Gasteiger partial charge in [0.05, 0.1) is 18.1 Å². The number of rotatable bonds is 12. The number of aliphatic carboxylic acids is 1. The Hall–Kier alpha value is -3.54. The molecule has 0 bridgehead atoms. The highest BCUT2D eigenvalue weighted by Crippen LogP contribution is 2.37. The van der Waals surface area contributed by atoms with Crippen LogP contribution in [0.15, 0.2) is 77.0 Å². The number of carbonyl (C=O) groups excluding carboxylic acids is 1. The number of carboxylic acid groups (broad SMARTS) is 1. The van der Waals surface area contributed by atoms with Crippen LogP contribution in [0.4, 0.5) is 0 Å². The number of carbonyl (C=O) groups is 2. The minimum absolute atomic E-state index is 0.0919. The number of amides is 1. The van der Waals surface area contributed by atoms with Crippen LogP contribution < -0.4 is 4.74 Å². The summed E-state index contributed by atoms with van der Waals surface area (Å²) >= 11 is 8.52. The van der Waals surface area contributed by atoms with Crippen molar-refractivity contribution in [3.8, 4) is 16.9 Å². The second kappa shape index (κ2) is 14.7. The minimum Gasteiger partial charge on any atom is -0.492 e. The Labute approximate surface area is 276 Å². The Bertz CT molecular complexity index is 1740. The fourth-order valence-electron chi connectivity index (χ4n) is 5.46. The standard InChI is InChI=1S/C35H34N2O5S3/c38-33(39)10-6-25-19-29(44-23-25)11-12-37-34(40)32(45-35(37)43)21-24-5-9-31(42-18-15-36-13-16-41-17-14-36)30(20-24)28-8-7-26-3-1-2-4-27(26)22-28/h1-5,7-9,19-23H,6,10-18H2,(H,38,39)/b32-21-. The summed E-state index contributed by atoms with van der Waals surface area (Å²) in [7, 11) is 0. The van der Waals surface area contributed by atoms with Crippen molar-refractivity contribution in [2.45, 2.75) is 19.3 Å². The molecule has 0 aliphatic carbocycles. The van der Waals surface area contributed by atoms with Crippen LogP contribution in [0.5, 0.6) is 5.75 Å². The molecule has 2 saturated heterocycles. The van der Waals surface area contributed by atoms with E-state index in [1.807, 2.05) is 41.8 Å². The molecule has 232 valence electrons. The molecule has 0 saturated carbocycles. The van der Waals surface area contributed by atoms with Crippen molar-refractivity contribution in [2.24, 2.45) is 0 Å². The van der Waals surface area contributed by atoms with Gasteiger partial charge < -0.3 is 14.6 Å². The molecule has 2 fully saturated rings. The zero-order valence-corrected chi connectivity index (χ0v) is 27.2. The van der Waals surface area contributed by atoms with E-state index in [-0.39, 0.29) is 12.3 Å². The maximum Gasteiger partial charge on any atom is 0.303 e. The van der Waals surface area contributed by atoms with Gasteiger partial charge in [-0.05, 0) is 76.0 Å². The number of carboxylic acids is 1. The van der Waals surface area contributed by atoms with Crippen LogP contribution in [-0.2, 0) is 27.2 Å². The molecule has 3 heterocycles. The summed E-state index contributed by atoms with van der Waals surface area (Å²) < 4.78 is 12.4. The number of morpholine rings is 1. The summed E-state index contributed by atoms with van der Waals surface area (Å²) in [6.07, 6.45) is 3.20. The van der Waals surface area contributed by atoms with Gasteiger partial charge in [0.2, 0.25) is 0 Å². The van der Waals surface area contributed by atoms with Crippen LogP contribution >= 0.6 is 35.3 Å². The second-order valence-electron chi connectivity index (χ2n) is 11.0. The van der Waals surface area contributed by atoms with Crippen LogP contribution in [0, 0.1) is 0 Å².